The van der Waals surface area contributed by atoms with Gasteiger partial charge in [0.1, 0.15) is 0 Å². The van der Waals surface area contributed by atoms with Crippen LogP contribution in [0.15, 0.2) is 57.6 Å². The number of guanidine groups is 1. The second-order valence-electron chi connectivity index (χ2n) is 7.64. The minimum Gasteiger partial charge on any atom is -0.481 e. The lowest BCUT2D eigenvalue weighted by atomic mass is 9.93. The molecule has 0 amide bonds. The molecular weight excluding hydrogens is 380 g/mol. The summed E-state index contributed by atoms with van der Waals surface area (Å²) in [5, 5.41) is 16.8. The Hall–Kier alpha value is -2.93. The van der Waals surface area contributed by atoms with E-state index in [1.807, 2.05) is 6.07 Å². The van der Waals surface area contributed by atoms with Crippen molar-refractivity contribution in [2.45, 2.75) is 44.6 Å². The number of carbonyl (C=O) groups is 1. The molecule has 4 rings (SSSR count). The molecule has 0 fully saturated rings. The summed E-state index contributed by atoms with van der Waals surface area (Å²) in [6.07, 6.45) is 6.47. The third-order valence-corrected chi connectivity index (χ3v) is 5.58. The van der Waals surface area contributed by atoms with E-state index in [1.165, 1.54) is 22.3 Å². The van der Waals surface area contributed by atoms with Gasteiger partial charge < -0.3 is 15.2 Å². The lowest BCUT2D eigenvalue weighted by Crippen LogP contribution is -2.31. The first kappa shape index (κ1) is 20.3. The Labute approximate surface area is 176 Å². The number of hydrogen-bond acceptors (Lipinski definition) is 6. The summed E-state index contributed by atoms with van der Waals surface area (Å²) in [4.78, 5) is 15.2. The van der Waals surface area contributed by atoms with E-state index in [2.05, 4.69) is 46.1 Å². The summed E-state index contributed by atoms with van der Waals surface area (Å²) in [7, 11) is 0. The molecule has 3 aliphatic rings. The van der Waals surface area contributed by atoms with E-state index in [-0.39, 0.29) is 12.5 Å². The van der Waals surface area contributed by atoms with E-state index >= 15 is 0 Å². The molecular formula is C23H28N4O3. The van der Waals surface area contributed by atoms with Crippen molar-refractivity contribution in [3.8, 4) is 0 Å². The second-order valence-corrected chi connectivity index (χ2v) is 7.64. The molecule has 30 heavy (non-hydrogen) atoms. The van der Waals surface area contributed by atoms with Crippen molar-refractivity contribution in [2.75, 3.05) is 19.7 Å². The largest absolute Gasteiger partial charge is 0.481 e. The van der Waals surface area contributed by atoms with Crippen LogP contribution in [0.5, 0.6) is 0 Å². The molecule has 0 spiro atoms. The third kappa shape index (κ3) is 4.79. The van der Waals surface area contributed by atoms with Gasteiger partial charge >= 0.3 is 5.97 Å². The number of ether oxygens (including phenoxy) is 1. The monoisotopic (exact) mass is 408 g/mol. The van der Waals surface area contributed by atoms with Gasteiger partial charge in [0.2, 0.25) is 5.96 Å². The summed E-state index contributed by atoms with van der Waals surface area (Å²) >= 11 is 0. The van der Waals surface area contributed by atoms with Crippen molar-refractivity contribution in [1.29, 1.82) is 0 Å². The molecule has 0 saturated carbocycles. The van der Waals surface area contributed by atoms with Crippen LogP contribution in [0, 0.1) is 0 Å². The van der Waals surface area contributed by atoms with Gasteiger partial charge in [-0.25, -0.2) is 10.4 Å². The number of carboxylic acid groups (broad SMARTS) is 1. The van der Waals surface area contributed by atoms with Gasteiger partial charge in [0.25, 0.3) is 0 Å². The standard InChI is InChI=1S/C23H28N4O3/c28-21(29)10-5-15-30-20-12-11-18-19(26-27-23-24-13-14-25-23)9-4-8-17(22(18)20)16-6-2-1-3-7-16/h1-3,6-8,20H,4-5,9-15H2,(H,28,29)(H2,24,25,27)/b26-19+. The van der Waals surface area contributed by atoms with Gasteiger partial charge in [-0.2, -0.15) is 5.10 Å². The van der Waals surface area contributed by atoms with Crippen LogP contribution in [0.1, 0.15) is 44.1 Å². The van der Waals surface area contributed by atoms with Gasteiger partial charge in [-0.1, -0.05) is 36.4 Å². The maximum Gasteiger partial charge on any atom is 0.303 e. The average molecular weight is 409 g/mol. The molecule has 0 radical (unpaired) electrons. The van der Waals surface area contributed by atoms with Crippen LogP contribution in [-0.2, 0) is 9.53 Å². The third-order valence-electron chi connectivity index (χ3n) is 5.58. The predicted molar refractivity (Wildman–Crippen MR) is 117 cm³/mol. The van der Waals surface area contributed by atoms with Crippen LogP contribution in [0.2, 0.25) is 0 Å². The lowest BCUT2D eigenvalue weighted by molar-refractivity contribution is -0.137. The van der Waals surface area contributed by atoms with E-state index in [0.717, 1.165) is 50.4 Å². The van der Waals surface area contributed by atoms with Gasteiger partial charge in [-0.3, -0.25) is 4.79 Å². The smallest absolute Gasteiger partial charge is 0.303 e. The van der Waals surface area contributed by atoms with Gasteiger partial charge in [0.05, 0.1) is 18.4 Å². The first-order chi connectivity index (χ1) is 14.7. The quantitative estimate of drug-likeness (QED) is 0.476. The number of hydrogen-bond donors (Lipinski definition) is 3. The molecule has 7 nitrogen and oxygen atoms in total. The molecule has 0 bridgehead atoms. The molecule has 0 aromatic heterocycles. The Kier molecular flexibility index (Phi) is 6.59. The first-order valence-electron chi connectivity index (χ1n) is 10.7. The predicted octanol–water partition coefficient (Wildman–Crippen LogP) is 3.11. The fraction of sp³-hybridized carbons (Fsp3) is 0.435. The highest BCUT2D eigenvalue weighted by molar-refractivity contribution is 6.06. The maximum atomic E-state index is 10.8. The fourth-order valence-corrected chi connectivity index (χ4v) is 4.22. The molecule has 1 aliphatic heterocycles. The van der Waals surface area contributed by atoms with Crippen molar-refractivity contribution < 1.29 is 14.6 Å². The molecule has 2 aliphatic carbocycles. The molecule has 7 heteroatoms. The zero-order chi connectivity index (χ0) is 20.8. The highest BCUT2D eigenvalue weighted by atomic mass is 16.5. The molecule has 1 heterocycles. The number of benzene rings is 1. The first-order valence-corrected chi connectivity index (χ1v) is 10.7. The Bertz CT molecular complexity index is 902. The zero-order valence-corrected chi connectivity index (χ0v) is 17.1. The highest BCUT2D eigenvalue weighted by Gasteiger charge is 2.33. The number of hydrazone groups is 1. The number of allylic oxidation sites excluding steroid dienone is 2. The molecule has 0 saturated heterocycles. The normalized spacial score (nSPS) is 22.3. The van der Waals surface area contributed by atoms with Crippen LogP contribution in [-0.4, -0.2) is 48.5 Å². The molecule has 1 aromatic rings. The highest BCUT2D eigenvalue weighted by Crippen LogP contribution is 2.41. The number of aliphatic carboxylic acids is 1. The number of aliphatic imine (C=N–C) groups is 1. The Morgan fingerprint density at radius 3 is 2.93 bits per heavy atom. The molecule has 1 aromatic carbocycles. The van der Waals surface area contributed by atoms with Crippen molar-refractivity contribution in [2.24, 2.45) is 10.1 Å². The summed E-state index contributed by atoms with van der Waals surface area (Å²) < 4.78 is 6.18. The molecule has 1 atom stereocenters. The van der Waals surface area contributed by atoms with Gasteiger partial charge in [-0.05, 0) is 54.4 Å². The lowest BCUT2D eigenvalue weighted by Gasteiger charge is -2.19. The summed E-state index contributed by atoms with van der Waals surface area (Å²) in [6.45, 7) is 2.06. The average Bonchev–Trinajstić information content (AvgIpc) is 3.38. The minimum absolute atomic E-state index is 0.0366. The fourth-order valence-electron chi connectivity index (χ4n) is 4.22. The van der Waals surface area contributed by atoms with E-state index < -0.39 is 5.97 Å². The number of rotatable bonds is 7. The summed E-state index contributed by atoms with van der Waals surface area (Å²) in [6, 6.07) is 10.4. The topological polar surface area (TPSA) is 95.3 Å². The second kappa shape index (κ2) is 9.71. The Morgan fingerprint density at radius 1 is 1.30 bits per heavy atom. The van der Waals surface area contributed by atoms with Gasteiger partial charge in [0, 0.05) is 19.6 Å². The van der Waals surface area contributed by atoms with Crippen molar-refractivity contribution in [1.82, 2.24) is 10.7 Å². The van der Waals surface area contributed by atoms with Crippen molar-refractivity contribution in [3.63, 3.8) is 0 Å². The van der Waals surface area contributed by atoms with Crippen molar-refractivity contribution >= 4 is 23.2 Å². The SMILES string of the molecule is O=C(O)CCCOC1CCC2=C1C(c1ccccc1)=CCC/C2=N\NC1=NCCN1. The van der Waals surface area contributed by atoms with E-state index in [1.54, 1.807) is 0 Å². The Balaban J connectivity index is 1.60. The van der Waals surface area contributed by atoms with E-state index in [0.29, 0.717) is 13.0 Å². The van der Waals surface area contributed by atoms with Crippen LogP contribution < -0.4 is 10.7 Å². The number of carboxylic acids is 1. The zero-order valence-electron chi connectivity index (χ0n) is 17.1. The van der Waals surface area contributed by atoms with E-state index in [4.69, 9.17) is 14.9 Å². The van der Waals surface area contributed by atoms with Crippen LogP contribution in [0.4, 0.5) is 0 Å². The minimum atomic E-state index is -0.784. The molecule has 3 N–H and O–H groups in total. The molecule has 158 valence electrons. The molecule has 1 unspecified atom stereocenters. The Morgan fingerprint density at radius 2 is 2.17 bits per heavy atom. The summed E-state index contributed by atoms with van der Waals surface area (Å²) in [5.74, 6) is -0.0576. The van der Waals surface area contributed by atoms with Gasteiger partial charge in [0.15, 0.2) is 0 Å². The van der Waals surface area contributed by atoms with E-state index in [9.17, 15) is 4.79 Å². The van der Waals surface area contributed by atoms with Crippen molar-refractivity contribution in [3.05, 3.63) is 53.1 Å². The number of nitrogens with one attached hydrogen (secondary N) is 2. The van der Waals surface area contributed by atoms with Gasteiger partial charge in [-0.15, -0.1) is 0 Å². The van der Waals surface area contributed by atoms with Crippen LogP contribution in [0.3, 0.4) is 0 Å². The number of nitrogens with zero attached hydrogens (tertiary/aromatic N) is 2. The van der Waals surface area contributed by atoms with Crippen LogP contribution >= 0.6 is 0 Å². The maximum absolute atomic E-state index is 10.8. The summed E-state index contributed by atoms with van der Waals surface area (Å²) in [5.41, 5.74) is 8.99. The van der Waals surface area contributed by atoms with Crippen LogP contribution in [0.25, 0.3) is 5.57 Å².